The summed E-state index contributed by atoms with van der Waals surface area (Å²) in [6.07, 6.45) is 9.41. The zero-order valence-electron chi connectivity index (χ0n) is 12.2. The lowest BCUT2D eigenvalue weighted by atomic mass is 10.1. The minimum Gasteiger partial charge on any atom is -0.379 e. The largest absolute Gasteiger partial charge is 0.379 e. The third-order valence-corrected chi connectivity index (χ3v) is 2.72. The van der Waals surface area contributed by atoms with Crippen molar-refractivity contribution in [2.45, 2.75) is 65.7 Å². The van der Waals surface area contributed by atoms with Crippen LogP contribution in [0.4, 0.5) is 0 Å². The Labute approximate surface area is 108 Å². The van der Waals surface area contributed by atoms with Gasteiger partial charge in [-0.15, -0.1) is 0 Å². The second kappa shape index (κ2) is 14.0. The predicted molar refractivity (Wildman–Crippen MR) is 74.5 cm³/mol. The van der Waals surface area contributed by atoms with Gasteiger partial charge in [-0.3, -0.25) is 0 Å². The summed E-state index contributed by atoms with van der Waals surface area (Å²) < 4.78 is 11.0. The first-order valence-electron chi connectivity index (χ1n) is 7.42. The molecule has 104 valence electrons. The average molecular weight is 244 g/mol. The van der Waals surface area contributed by atoms with Crippen LogP contribution in [0.1, 0.15) is 65.7 Å². The van der Waals surface area contributed by atoms with Crippen LogP contribution in [0.25, 0.3) is 0 Å². The fourth-order valence-corrected chi connectivity index (χ4v) is 1.70. The highest BCUT2D eigenvalue weighted by Gasteiger charge is 1.94. The third-order valence-electron chi connectivity index (χ3n) is 2.72. The molecule has 0 fully saturated rings. The maximum atomic E-state index is 5.52. The minimum absolute atomic E-state index is 0.623. The molecular weight excluding hydrogens is 212 g/mol. The van der Waals surface area contributed by atoms with Crippen LogP contribution in [0, 0.1) is 5.92 Å². The topological polar surface area (TPSA) is 18.5 Å². The summed E-state index contributed by atoms with van der Waals surface area (Å²) in [6, 6.07) is 0. The van der Waals surface area contributed by atoms with Crippen molar-refractivity contribution < 1.29 is 9.47 Å². The van der Waals surface area contributed by atoms with E-state index in [4.69, 9.17) is 9.47 Å². The van der Waals surface area contributed by atoms with Gasteiger partial charge in [-0.05, 0) is 12.3 Å². The van der Waals surface area contributed by atoms with Crippen molar-refractivity contribution in [1.82, 2.24) is 0 Å². The van der Waals surface area contributed by atoms with Crippen molar-refractivity contribution in [3.63, 3.8) is 0 Å². The molecule has 0 aromatic carbocycles. The maximum absolute atomic E-state index is 5.52. The van der Waals surface area contributed by atoms with Gasteiger partial charge in [0, 0.05) is 13.2 Å². The van der Waals surface area contributed by atoms with Crippen molar-refractivity contribution in [2.75, 3.05) is 26.4 Å². The average Bonchev–Trinajstić information content (AvgIpc) is 2.30. The second-order valence-corrected chi connectivity index (χ2v) is 5.20. The molecule has 0 saturated carbocycles. The molecule has 0 rings (SSSR count). The van der Waals surface area contributed by atoms with E-state index in [1.54, 1.807) is 0 Å². The molecular formula is C15H32O2. The molecule has 0 aliphatic carbocycles. The Morgan fingerprint density at radius 1 is 0.706 bits per heavy atom. The molecule has 0 aromatic rings. The fourth-order valence-electron chi connectivity index (χ4n) is 1.70. The van der Waals surface area contributed by atoms with Gasteiger partial charge in [0.05, 0.1) is 13.2 Å². The van der Waals surface area contributed by atoms with Crippen molar-refractivity contribution in [3.8, 4) is 0 Å². The summed E-state index contributed by atoms with van der Waals surface area (Å²) in [4.78, 5) is 0. The van der Waals surface area contributed by atoms with Crippen LogP contribution in [0.2, 0.25) is 0 Å². The van der Waals surface area contributed by atoms with Gasteiger partial charge in [0.2, 0.25) is 0 Å². The standard InChI is InChI=1S/C15H32O2/c1-4-5-6-7-8-9-10-11-16-12-13-17-14-15(2)3/h15H,4-14H2,1-3H3. The summed E-state index contributed by atoms with van der Waals surface area (Å²) in [5, 5.41) is 0. The van der Waals surface area contributed by atoms with E-state index in [1.165, 1.54) is 44.9 Å². The molecule has 0 spiro atoms. The lowest BCUT2D eigenvalue weighted by molar-refractivity contribution is 0.0365. The lowest BCUT2D eigenvalue weighted by Crippen LogP contribution is -2.09. The predicted octanol–water partition coefficient (Wildman–Crippen LogP) is 4.43. The molecule has 2 nitrogen and oxygen atoms in total. The Kier molecular flexibility index (Phi) is 13.9. The van der Waals surface area contributed by atoms with Crippen LogP contribution in [0.15, 0.2) is 0 Å². The van der Waals surface area contributed by atoms with Crippen molar-refractivity contribution >= 4 is 0 Å². The fraction of sp³-hybridized carbons (Fsp3) is 1.00. The molecule has 0 heterocycles. The van der Waals surface area contributed by atoms with Crippen LogP contribution in [0.5, 0.6) is 0 Å². The number of hydrogen-bond acceptors (Lipinski definition) is 2. The van der Waals surface area contributed by atoms with E-state index in [2.05, 4.69) is 20.8 Å². The van der Waals surface area contributed by atoms with Crippen LogP contribution in [-0.4, -0.2) is 26.4 Å². The monoisotopic (exact) mass is 244 g/mol. The molecule has 17 heavy (non-hydrogen) atoms. The van der Waals surface area contributed by atoms with Crippen molar-refractivity contribution in [1.29, 1.82) is 0 Å². The quantitative estimate of drug-likeness (QED) is 0.446. The normalized spacial score (nSPS) is 11.3. The maximum Gasteiger partial charge on any atom is 0.0700 e. The Bertz CT molecular complexity index is 135. The minimum atomic E-state index is 0.623. The van der Waals surface area contributed by atoms with Gasteiger partial charge in [-0.1, -0.05) is 59.3 Å². The Balaban J connectivity index is 2.89. The Morgan fingerprint density at radius 2 is 1.29 bits per heavy atom. The molecule has 0 atom stereocenters. The smallest absolute Gasteiger partial charge is 0.0700 e. The molecule has 0 unspecified atom stereocenters. The van der Waals surface area contributed by atoms with Gasteiger partial charge in [-0.2, -0.15) is 0 Å². The number of ether oxygens (including phenoxy) is 2. The molecule has 2 heteroatoms. The zero-order valence-corrected chi connectivity index (χ0v) is 12.2. The van der Waals surface area contributed by atoms with Crippen molar-refractivity contribution in [2.24, 2.45) is 5.92 Å². The van der Waals surface area contributed by atoms with Gasteiger partial charge >= 0.3 is 0 Å². The van der Waals surface area contributed by atoms with Gasteiger partial charge in [0.25, 0.3) is 0 Å². The molecule has 0 aliphatic heterocycles. The SMILES string of the molecule is CCCCCCCCCOCCOCC(C)C. The van der Waals surface area contributed by atoms with E-state index in [1.807, 2.05) is 0 Å². The third kappa shape index (κ3) is 15.9. The van der Waals surface area contributed by atoms with E-state index >= 15 is 0 Å². The first kappa shape index (κ1) is 16.9. The van der Waals surface area contributed by atoms with E-state index in [-0.39, 0.29) is 0 Å². The summed E-state index contributed by atoms with van der Waals surface area (Å²) in [5.41, 5.74) is 0. The molecule has 0 aliphatic rings. The van der Waals surface area contributed by atoms with E-state index in [0.717, 1.165) is 26.4 Å². The highest BCUT2D eigenvalue weighted by molar-refractivity contribution is 4.45. The van der Waals surface area contributed by atoms with Crippen LogP contribution >= 0.6 is 0 Å². The molecule has 0 N–H and O–H groups in total. The first-order chi connectivity index (χ1) is 8.27. The lowest BCUT2D eigenvalue weighted by Gasteiger charge is -2.07. The van der Waals surface area contributed by atoms with Crippen LogP contribution < -0.4 is 0 Å². The number of rotatable bonds is 13. The highest BCUT2D eigenvalue weighted by atomic mass is 16.5. The van der Waals surface area contributed by atoms with Gasteiger partial charge in [0.15, 0.2) is 0 Å². The van der Waals surface area contributed by atoms with Gasteiger partial charge < -0.3 is 9.47 Å². The molecule has 0 aromatic heterocycles. The highest BCUT2D eigenvalue weighted by Crippen LogP contribution is 2.06. The van der Waals surface area contributed by atoms with Crippen LogP contribution in [0.3, 0.4) is 0 Å². The first-order valence-corrected chi connectivity index (χ1v) is 7.42. The second-order valence-electron chi connectivity index (χ2n) is 5.20. The summed E-state index contributed by atoms with van der Waals surface area (Å²) in [6.45, 7) is 9.84. The van der Waals surface area contributed by atoms with E-state index in [9.17, 15) is 0 Å². The van der Waals surface area contributed by atoms with Gasteiger partial charge in [-0.25, -0.2) is 0 Å². The molecule has 0 saturated heterocycles. The zero-order chi connectivity index (χ0) is 12.8. The summed E-state index contributed by atoms with van der Waals surface area (Å²) >= 11 is 0. The number of unbranched alkanes of at least 4 members (excludes halogenated alkanes) is 6. The Morgan fingerprint density at radius 3 is 1.94 bits per heavy atom. The van der Waals surface area contributed by atoms with Crippen LogP contribution in [-0.2, 0) is 9.47 Å². The summed E-state index contributed by atoms with van der Waals surface area (Å²) in [7, 11) is 0. The Hall–Kier alpha value is -0.0800. The van der Waals surface area contributed by atoms with Crippen molar-refractivity contribution in [3.05, 3.63) is 0 Å². The van der Waals surface area contributed by atoms with E-state index < -0.39 is 0 Å². The van der Waals surface area contributed by atoms with E-state index in [0.29, 0.717) is 5.92 Å². The number of hydrogen-bond donors (Lipinski definition) is 0. The van der Waals surface area contributed by atoms with Gasteiger partial charge in [0.1, 0.15) is 0 Å². The molecule has 0 bridgehead atoms. The molecule has 0 amide bonds. The summed E-state index contributed by atoms with van der Waals surface area (Å²) in [5.74, 6) is 0.623. The molecule has 0 radical (unpaired) electrons.